The number of esters is 2. The molecule has 320 valence electrons. The molecular weight excluding hydrogens is 743 g/mol. The van der Waals surface area contributed by atoms with Crippen molar-refractivity contribution >= 4 is 19.8 Å². The van der Waals surface area contributed by atoms with Gasteiger partial charge in [0.05, 0.1) is 6.61 Å². The van der Waals surface area contributed by atoms with E-state index in [1.165, 1.54) is 19.3 Å². The van der Waals surface area contributed by atoms with Gasteiger partial charge < -0.3 is 39.9 Å². The van der Waals surface area contributed by atoms with Gasteiger partial charge in [0.2, 0.25) is 0 Å². The number of aliphatic hydroxyl groups excluding tert-OH is 5. The van der Waals surface area contributed by atoms with E-state index in [9.17, 15) is 44.6 Å². The highest BCUT2D eigenvalue weighted by molar-refractivity contribution is 7.47. The number of carbonyl (C=O) groups is 2. The van der Waals surface area contributed by atoms with E-state index in [2.05, 4.69) is 68.5 Å². The van der Waals surface area contributed by atoms with Crippen molar-refractivity contribution in [1.29, 1.82) is 0 Å². The summed E-state index contributed by atoms with van der Waals surface area (Å²) in [6.07, 6.45) is 25.8. The fourth-order valence-electron chi connectivity index (χ4n) is 5.55. The number of hydrogen-bond acceptors (Lipinski definition) is 12. The quantitative estimate of drug-likeness (QED) is 0.0185. The second-order valence-electron chi connectivity index (χ2n) is 13.8. The Balaban J connectivity index is 2.56. The second-order valence-corrected chi connectivity index (χ2v) is 15.2. The van der Waals surface area contributed by atoms with Crippen molar-refractivity contribution in [2.75, 3.05) is 13.2 Å². The van der Waals surface area contributed by atoms with Crippen LogP contribution < -0.4 is 0 Å². The van der Waals surface area contributed by atoms with E-state index in [4.69, 9.17) is 18.5 Å². The molecule has 0 amide bonds. The number of phosphoric ester groups is 1. The Bertz CT molecular complexity index is 1260. The van der Waals surface area contributed by atoms with Crippen LogP contribution in [0.2, 0.25) is 0 Å². The number of hydrogen-bond donors (Lipinski definition) is 6. The van der Waals surface area contributed by atoms with Crippen molar-refractivity contribution in [1.82, 2.24) is 0 Å². The number of carbonyl (C=O) groups excluding carboxylic acids is 2. The van der Waals surface area contributed by atoms with E-state index in [0.29, 0.717) is 19.3 Å². The molecule has 0 aromatic carbocycles. The molecule has 0 bridgehead atoms. The molecule has 6 unspecified atom stereocenters. The fraction of sp³-hybridized carbons (Fsp3) is 0.667. The van der Waals surface area contributed by atoms with Crippen LogP contribution in [0, 0.1) is 0 Å². The predicted molar refractivity (Wildman–Crippen MR) is 216 cm³/mol. The number of allylic oxidation sites excluding steroid dienone is 12. The first-order chi connectivity index (χ1) is 26.9. The SMILES string of the molecule is CC/C=C\C/C=C\C/C=C\C/C=C\C/C=C\C/C=C\CCC(=O)OC(COC(=O)CCCCCCCCCC)COP(=O)(O)OC1C(O)C(O)C(O)C(O)C1O. The average molecular weight is 813 g/mol. The first-order valence-electron chi connectivity index (χ1n) is 20.2. The smallest absolute Gasteiger partial charge is 0.462 e. The van der Waals surface area contributed by atoms with Crippen molar-refractivity contribution < 1.29 is 63.1 Å². The number of aliphatic hydroxyl groups is 5. The van der Waals surface area contributed by atoms with Gasteiger partial charge in [-0.25, -0.2) is 4.57 Å². The summed E-state index contributed by atoms with van der Waals surface area (Å²) in [6.45, 7) is 3.04. The van der Waals surface area contributed by atoms with E-state index in [0.717, 1.165) is 57.8 Å². The molecule has 0 aliphatic heterocycles. The normalized spacial score (nSPS) is 23.6. The van der Waals surface area contributed by atoms with Crippen LogP contribution in [0.3, 0.4) is 0 Å². The summed E-state index contributed by atoms with van der Waals surface area (Å²) < 4.78 is 33.2. The van der Waals surface area contributed by atoms with Gasteiger partial charge >= 0.3 is 19.8 Å². The van der Waals surface area contributed by atoms with Gasteiger partial charge in [-0.15, -0.1) is 0 Å². The molecule has 0 heterocycles. The van der Waals surface area contributed by atoms with E-state index in [-0.39, 0.29) is 12.8 Å². The summed E-state index contributed by atoms with van der Waals surface area (Å²) in [7, 11) is -5.13. The van der Waals surface area contributed by atoms with Crippen LogP contribution in [-0.4, -0.2) is 98.3 Å². The molecule has 1 aliphatic rings. The summed E-state index contributed by atoms with van der Waals surface area (Å²) in [5.74, 6) is -1.21. The zero-order valence-corrected chi connectivity index (χ0v) is 34.3. The van der Waals surface area contributed by atoms with E-state index in [1.54, 1.807) is 0 Å². The monoisotopic (exact) mass is 812 g/mol. The van der Waals surface area contributed by atoms with Crippen molar-refractivity contribution in [3.05, 3.63) is 72.9 Å². The van der Waals surface area contributed by atoms with E-state index >= 15 is 0 Å². The summed E-state index contributed by atoms with van der Waals surface area (Å²) in [6, 6.07) is 0. The van der Waals surface area contributed by atoms with Crippen LogP contribution in [0.15, 0.2) is 72.9 Å². The average Bonchev–Trinajstić information content (AvgIpc) is 3.18. The molecule has 1 saturated carbocycles. The number of unbranched alkanes of at least 4 members (excludes halogenated alkanes) is 7. The van der Waals surface area contributed by atoms with Crippen molar-refractivity contribution in [3.63, 3.8) is 0 Å². The highest BCUT2D eigenvalue weighted by Gasteiger charge is 2.51. The van der Waals surface area contributed by atoms with Gasteiger partial charge in [-0.2, -0.15) is 0 Å². The molecule has 13 nitrogen and oxygen atoms in total. The van der Waals surface area contributed by atoms with Crippen LogP contribution in [0.1, 0.15) is 123 Å². The molecule has 0 aromatic rings. The highest BCUT2D eigenvalue weighted by atomic mass is 31.2. The van der Waals surface area contributed by atoms with Gasteiger partial charge in [0.25, 0.3) is 0 Å². The minimum absolute atomic E-state index is 0.0310. The maximum absolute atomic E-state index is 12.7. The highest BCUT2D eigenvalue weighted by Crippen LogP contribution is 2.47. The van der Waals surface area contributed by atoms with Crippen LogP contribution in [0.5, 0.6) is 0 Å². The summed E-state index contributed by atoms with van der Waals surface area (Å²) in [5, 5.41) is 49.9. The van der Waals surface area contributed by atoms with Gasteiger partial charge in [0.15, 0.2) is 6.10 Å². The maximum atomic E-state index is 12.7. The Labute approximate surface area is 334 Å². The van der Waals surface area contributed by atoms with Crippen LogP contribution in [0.25, 0.3) is 0 Å². The first kappa shape index (κ1) is 51.3. The Morgan fingerprint density at radius 2 is 1.02 bits per heavy atom. The number of phosphoric acid groups is 1. The van der Waals surface area contributed by atoms with Gasteiger partial charge in [0, 0.05) is 12.8 Å². The molecule has 0 radical (unpaired) electrons. The Morgan fingerprint density at radius 1 is 0.571 bits per heavy atom. The second kappa shape index (κ2) is 32.3. The topological polar surface area (TPSA) is 210 Å². The summed E-state index contributed by atoms with van der Waals surface area (Å²) in [5.41, 5.74) is 0. The van der Waals surface area contributed by atoms with Gasteiger partial charge in [-0.1, -0.05) is 132 Å². The maximum Gasteiger partial charge on any atom is 0.472 e. The Kier molecular flexibility index (Phi) is 29.6. The minimum atomic E-state index is -5.13. The van der Waals surface area contributed by atoms with E-state index in [1.807, 2.05) is 18.2 Å². The van der Waals surface area contributed by atoms with Gasteiger partial charge in [0.1, 0.15) is 43.2 Å². The molecule has 0 saturated heterocycles. The molecule has 56 heavy (non-hydrogen) atoms. The van der Waals surface area contributed by atoms with Crippen molar-refractivity contribution in [2.24, 2.45) is 0 Å². The molecular formula is C42H69O13P. The van der Waals surface area contributed by atoms with Crippen LogP contribution >= 0.6 is 7.82 Å². The predicted octanol–water partition coefficient (Wildman–Crippen LogP) is 6.77. The molecule has 1 fully saturated rings. The Morgan fingerprint density at radius 3 is 1.52 bits per heavy atom. The molecule has 14 heteroatoms. The fourth-order valence-corrected chi connectivity index (χ4v) is 6.52. The summed E-state index contributed by atoms with van der Waals surface area (Å²) >= 11 is 0. The summed E-state index contributed by atoms with van der Waals surface area (Å²) in [4.78, 5) is 35.4. The van der Waals surface area contributed by atoms with Crippen molar-refractivity contribution in [2.45, 2.75) is 166 Å². The molecule has 6 atom stereocenters. The third-order valence-electron chi connectivity index (χ3n) is 8.83. The number of ether oxygens (including phenoxy) is 2. The third kappa shape index (κ3) is 24.8. The zero-order chi connectivity index (χ0) is 41.4. The van der Waals surface area contributed by atoms with Crippen molar-refractivity contribution in [3.8, 4) is 0 Å². The standard InChI is InChI=1S/C42H69O13P/c1-3-5-7-9-11-13-14-15-16-17-18-19-20-21-22-23-25-27-29-31-36(44)54-34(32-52-35(43)30-28-26-24-12-10-8-6-4-2)33-53-56(50,51)55-42-40(48)38(46)37(45)39(47)41(42)49/h5,7,11,13,15-16,18-19,21-22,25,27,34,37-42,45-49H,3-4,6,8-10,12,14,17,20,23-24,26,28-33H2,1-2H3,(H,50,51)/b7-5-,13-11-,16-15-,19-18-,22-21-,27-25-. The molecule has 0 aromatic heterocycles. The van der Waals surface area contributed by atoms with Gasteiger partial charge in [-0.05, 0) is 51.4 Å². The lowest BCUT2D eigenvalue weighted by Gasteiger charge is -2.41. The van der Waals surface area contributed by atoms with E-state index < -0.39 is 75.7 Å². The molecule has 0 spiro atoms. The largest absolute Gasteiger partial charge is 0.472 e. The molecule has 1 rings (SSSR count). The molecule has 6 N–H and O–H groups in total. The van der Waals surface area contributed by atoms with Gasteiger partial charge in [-0.3, -0.25) is 18.6 Å². The lowest BCUT2D eigenvalue weighted by Crippen LogP contribution is -2.64. The van der Waals surface area contributed by atoms with Crippen LogP contribution in [-0.2, 0) is 32.7 Å². The zero-order valence-electron chi connectivity index (χ0n) is 33.4. The lowest BCUT2D eigenvalue weighted by molar-refractivity contribution is -0.220. The first-order valence-corrected chi connectivity index (χ1v) is 21.7. The lowest BCUT2D eigenvalue weighted by atomic mass is 9.85. The minimum Gasteiger partial charge on any atom is -0.462 e. The number of rotatable bonds is 31. The third-order valence-corrected chi connectivity index (χ3v) is 9.81. The Hall–Kier alpha value is -2.71. The van der Waals surface area contributed by atoms with Crippen LogP contribution in [0.4, 0.5) is 0 Å². The molecule has 1 aliphatic carbocycles.